The first kappa shape index (κ1) is 22.1. The average Bonchev–Trinajstić information content (AvgIpc) is 2.54. The molecular weight excluding hydrogens is 432 g/mol. The second-order valence-electron chi connectivity index (χ2n) is 7.96. The Hall–Kier alpha value is -2.58. The maximum absolute atomic E-state index is 11.1. The summed E-state index contributed by atoms with van der Waals surface area (Å²) in [4.78, 5) is 0. The lowest BCUT2D eigenvalue weighted by Crippen LogP contribution is -2.23. The molecule has 0 aromatic heterocycles. The predicted molar refractivity (Wildman–Crippen MR) is 109 cm³/mol. The van der Waals surface area contributed by atoms with Crippen LogP contribution in [0.1, 0.15) is 48.9 Å². The zero-order valence-corrected chi connectivity index (χ0v) is 18.0. The molecule has 160 valence electrons. The second-order valence-corrected chi connectivity index (χ2v) is 10.0. The molecule has 0 aliphatic heterocycles. The fraction of sp³-hybridized carbons (Fsp3) is 0.300. The third kappa shape index (κ3) is 5.52. The molecule has 2 N–H and O–H groups in total. The van der Waals surface area contributed by atoms with Crippen molar-refractivity contribution in [3.05, 3.63) is 58.7 Å². The number of hydrogen-bond acceptors (Lipinski definition) is 6. The van der Waals surface area contributed by atoms with Gasteiger partial charge in [-0.2, -0.15) is 16.8 Å². The lowest BCUT2D eigenvalue weighted by molar-refractivity contribution is 0.316. The minimum Gasteiger partial charge on any atom is -0.362 e. The lowest BCUT2D eigenvalue weighted by atomic mass is 9.71. The summed E-state index contributed by atoms with van der Waals surface area (Å²) in [6.45, 7) is 6.01. The summed E-state index contributed by atoms with van der Waals surface area (Å²) in [5.74, 6) is 5.81. The van der Waals surface area contributed by atoms with Crippen LogP contribution >= 0.6 is 0 Å². The van der Waals surface area contributed by atoms with Crippen molar-refractivity contribution in [2.75, 3.05) is 0 Å². The average molecular weight is 453 g/mol. The molecule has 1 unspecified atom stereocenters. The minimum atomic E-state index is -4.68. The highest BCUT2D eigenvalue weighted by Gasteiger charge is 2.30. The van der Waals surface area contributed by atoms with Gasteiger partial charge in [-0.3, -0.25) is 9.11 Å². The summed E-state index contributed by atoms with van der Waals surface area (Å²) in [5, 5.41) is 0. The summed E-state index contributed by atoms with van der Waals surface area (Å²) in [5.41, 5.74) is 2.48. The third-order valence-corrected chi connectivity index (χ3v) is 5.49. The van der Waals surface area contributed by atoms with Gasteiger partial charge in [-0.1, -0.05) is 32.6 Å². The van der Waals surface area contributed by atoms with Crippen LogP contribution in [0.5, 0.6) is 11.5 Å². The van der Waals surface area contributed by atoms with Crippen LogP contribution in [0.4, 0.5) is 0 Å². The molecule has 8 nitrogen and oxygen atoms in total. The normalized spacial score (nSPS) is 16.2. The number of hydrogen-bond donors (Lipinski definition) is 2. The van der Waals surface area contributed by atoms with E-state index in [0.29, 0.717) is 23.1 Å². The molecule has 1 atom stereocenters. The van der Waals surface area contributed by atoms with Crippen LogP contribution in [0, 0.1) is 17.3 Å². The Bertz CT molecular complexity index is 1260. The van der Waals surface area contributed by atoms with Crippen LogP contribution in [-0.4, -0.2) is 25.9 Å². The van der Waals surface area contributed by atoms with Crippen LogP contribution in [0.25, 0.3) is 0 Å². The van der Waals surface area contributed by atoms with Crippen molar-refractivity contribution in [1.82, 2.24) is 0 Å². The van der Waals surface area contributed by atoms with Crippen molar-refractivity contribution in [3.8, 4) is 23.3 Å². The van der Waals surface area contributed by atoms with Gasteiger partial charge in [-0.05, 0) is 65.3 Å². The van der Waals surface area contributed by atoms with Gasteiger partial charge in [0.2, 0.25) is 0 Å². The summed E-state index contributed by atoms with van der Waals surface area (Å²) in [6, 6.07) is 9.08. The highest BCUT2D eigenvalue weighted by atomic mass is 32.3. The van der Waals surface area contributed by atoms with Gasteiger partial charge in [-0.25, -0.2) is 0 Å². The molecule has 10 heteroatoms. The first-order chi connectivity index (χ1) is 13.7. The fourth-order valence-corrected chi connectivity index (χ4v) is 4.08. The minimum absolute atomic E-state index is 0.0449. The maximum Gasteiger partial charge on any atom is 0.446 e. The second kappa shape index (κ2) is 7.59. The van der Waals surface area contributed by atoms with Crippen LogP contribution in [0.2, 0.25) is 0 Å². The molecule has 0 spiro atoms. The first-order valence-electron chi connectivity index (χ1n) is 8.84. The predicted octanol–water partition coefficient (Wildman–Crippen LogP) is 3.14. The summed E-state index contributed by atoms with van der Waals surface area (Å²) in [7, 11) is -9.34. The molecule has 0 amide bonds. The molecular formula is C20H20O8S2. The molecule has 30 heavy (non-hydrogen) atoms. The lowest BCUT2D eigenvalue weighted by Gasteiger charge is -2.33. The van der Waals surface area contributed by atoms with E-state index < -0.39 is 20.8 Å². The van der Waals surface area contributed by atoms with Crippen molar-refractivity contribution in [1.29, 1.82) is 0 Å². The molecule has 2 aromatic carbocycles. The SMILES string of the molecule is CC(C)(C)C1Cc2cc(OS(=O)(=O)O)ccc2C#Cc2ccc(OS(=O)(=O)O)cc21. The fourth-order valence-electron chi connectivity index (χ4n) is 3.39. The Morgan fingerprint density at radius 3 is 1.90 bits per heavy atom. The zero-order chi connectivity index (χ0) is 22.3. The van der Waals surface area contributed by atoms with E-state index in [1.54, 1.807) is 12.1 Å². The van der Waals surface area contributed by atoms with Crippen molar-refractivity contribution < 1.29 is 34.3 Å². The van der Waals surface area contributed by atoms with Gasteiger partial charge in [0.1, 0.15) is 11.5 Å². The summed E-state index contributed by atoms with van der Waals surface area (Å²) >= 11 is 0. The van der Waals surface area contributed by atoms with Gasteiger partial charge in [-0.15, -0.1) is 0 Å². The van der Waals surface area contributed by atoms with Gasteiger partial charge in [0.25, 0.3) is 0 Å². The molecule has 1 aliphatic carbocycles. The van der Waals surface area contributed by atoms with E-state index in [-0.39, 0.29) is 22.8 Å². The molecule has 0 heterocycles. The van der Waals surface area contributed by atoms with Crippen molar-refractivity contribution in [2.45, 2.75) is 33.1 Å². The van der Waals surface area contributed by atoms with Crippen LogP contribution in [0.3, 0.4) is 0 Å². The van der Waals surface area contributed by atoms with Crippen LogP contribution < -0.4 is 8.37 Å². The Kier molecular flexibility index (Phi) is 5.60. The highest BCUT2D eigenvalue weighted by molar-refractivity contribution is 7.81. The standard InChI is InChI=1S/C20H20O8S2/c1-20(2,3)19-11-15-10-16(27-29(21,22)23)8-6-13(15)4-5-14-7-9-17(12-18(14)19)28-30(24,25)26/h6-10,12,19H,11H2,1-3H3,(H,21,22,23)(H,24,25,26). The van der Waals surface area contributed by atoms with E-state index in [9.17, 15) is 16.8 Å². The van der Waals surface area contributed by atoms with E-state index in [1.807, 2.05) is 20.8 Å². The van der Waals surface area contributed by atoms with E-state index in [1.165, 1.54) is 24.3 Å². The highest BCUT2D eigenvalue weighted by Crippen LogP contribution is 2.42. The van der Waals surface area contributed by atoms with Gasteiger partial charge in [0.05, 0.1) is 0 Å². The van der Waals surface area contributed by atoms with Crippen molar-refractivity contribution in [3.63, 3.8) is 0 Å². The Balaban J connectivity index is 2.15. The van der Waals surface area contributed by atoms with E-state index in [4.69, 9.17) is 9.11 Å². The molecule has 0 saturated carbocycles. The maximum atomic E-state index is 11.1. The Morgan fingerprint density at radius 1 is 0.867 bits per heavy atom. The molecule has 0 radical (unpaired) electrons. The Labute approximate surface area is 175 Å². The zero-order valence-electron chi connectivity index (χ0n) is 16.4. The van der Waals surface area contributed by atoms with Gasteiger partial charge < -0.3 is 8.37 Å². The largest absolute Gasteiger partial charge is 0.446 e. The summed E-state index contributed by atoms with van der Waals surface area (Å²) in [6.07, 6.45) is 0.429. The molecule has 0 saturated heterocycles. The molecule has 1 aliphatic rings. The van der Waals surface area contributed by atoms with Crippen LogP contribution in [0.15, 0.2) is 36.4 Å². The van der Waals surface area contributed by atoms with Gasteiger partial charge >= 0.3 is 20.8 Å². The topological polar surface area (TPSA) is 127 Å². The van der Waals surface area contributed by atoms with Gasteiger partial charge in [0, 0.05) is 11.1 Å². The van der Waals surface area contributed by atoms with Crippen LogP contribution in [-0.2, 0) is 27.2 Å². The van der Waals surface area contributed by atoms with Crippen molar-refractivity contribution in [2.24, 2.45) is 5.41 Å². The third-order valence-electron chi connectivity index (χ3n) is 4.68. The number of benzene rings is 2. The molecule has 2 aromatic rings. The van der Waals surface area contributed by atoms with Crippen molar-refractivity contribution >= 4 is 20.8 Å². The smallest absolute Gasteiger partial charge is 0.362 e. The van der Waals surface area contributed by atoms with E-state index in [2.05, 4.69) is 20.2 Å². The monoisotopic (exact) mass is 452 g/mol. The molecule has 0 bridgehead atoms. The van der Waals surface area contributed by atoms with E-state index >= 15 is 0 Å². The summed E-state index contributed by atoms with van der Waals surface area (Å²) < 4.78 is 71.4. The molecule has 0 fully saturated rings. The first-order valence-corrected chi connectivity index (χ1v) is 11.6. The van der Waals surface area contributed by atoms with Gasteiger partial charge in [0.15, 0.2) is 0 Å². The quantitative estimate of drug-likeness (QED) is 0.535. The number of fused-ring (bicyclic) bond motifs is 2. The molecule has 3 rings (SSSR count). The van der Waals surface area contributed by atoms with E-state index in [0.717, 1.165) is 5.56 Å². The number of rotatable bonds is 4. The Morgan fingerprint density at radius 2 is 1.37 bits per heavy atom.